The van der Waals surface area contributed by atoms with Gasteiger partial charge in [-0.15, -0.1) is 0 Å². The first-order chi connectivity index (χ1) is 9.18. The average molecular weight is 240 g/mol. The van der Waals surface area contributed by atoms with Crippen LogP contribution in [0.1, 0.15) is 29.6 Å². The van der Waals surface area contributed by atoms with E-state index in [2.05, 4.69) is 86.2 Å². The molecule has 0 N–H and O–H groups in total. The van der Waals surface area contributed by atoms with E-state index in [1.54, 1.807) is 5.57 Å². The molecular formula is C18H17Li. The summed E-state index contributed by atoms with van der Waals surface area (Å²) in [7, 11) is 0. The van der Waals surface area contributed by atoms with Gasteiger partial charge in [0.05, 0.1) is 0 Å². The summed E-state index contributed by atoms with van der Waals surface area (Å²) in [5.41, 5.74) is 7.13. The molecule has 1 aliphatic carbocycles. The van der Waals surface area contributed by atoms with Gasteiger partial charge in [-0.3, -0.25) is 0 Å². The number of allylic oxidation sites excluding steroid dienone is 1. The molecule has 1 aliphatic rings. The van der Waals surface area contributed by atoms with Gasteiger partial charge in [0.2, 0.25) is 0 Å². The van der Waals surface area contributed by atoms with Crippen molar-refractivity contribution in [1.82, 2.24) is 0 Å². The van der Waals surface area contributed by atoms with E-state index in [-0.39, 0.29) is 0 Å². The van der Waals surface area contributed by atoms with Gasteiger partial charge < -0.3 is 0 Å². The van der Waals surface area contributed by atoms with Crippen LogP contribution in [0.25, 0.3) is 17.2 Å². The molecule has 0 aromatic heterocycles. The second-order valence-corrected chi connectivity index (χ2v) is 5.70. The van der Waals surface area contributed by atoms with E-state index < -0.39 is 0 Å². The molecule has 3 rings (SSSR count). The average Bonchev–Trinajstić information content (AvgIpc) is 2.78. The van der Waals surface area contributed by atoms with Crippen molar-refractivity contribution >= 4 is 23.8 Å². The molecule has 0 fully saturated rings. The number of fused-ring (bicyclic) bond motifs is 1. The van der Waals surface area contributed by atoms with Crippen LogP contribution < -0.4 is 0 Å². The zero-order chi connectivity index (χ0) is 13.4. The van der Waals surface area contributed by atoms with Crippen molar-refractivity contribution in [2.75, 3.05) is 0 Å². The molecular weight excluding hydrogens is 223 g/mol. The summed E-state index contributed by atoms with van der Waals surface area (Å²) in [4.78, 5) is 0. The van der Waals surface area contributed by atoms with Gasteiger partial charge in [-0.2, -0.15) is 0 Å². The van der Waals surface area contributed by atoms with Crippen molar-refractivity contribution in [2.24, 2.45) is 5.92 Å². The Kier molecular flexibility index (Phi) is 3.40. The van der Waals surface area contributed by atoms with Crippen molar-refractivity contribution in [3.8, 4) is 11.1 Å². The molecule has 90 valence electrons. The Labute approximate surface area is 124 Å². The fourth-order valence-electron chi connectivity index (χ4n) is 3.13. The Morgan fingerprint density at radius 3 is 2.37 bits per heavy atom. The summed E-state index contributed by atoms with van der Waals surface area (Å²) in [6.07, 6.45) is 2.41. The predicted molar refractivity (Wildman–Crippen MR) is 83.2 cm³/mol. The molecule has 1 atom stereocenters. The van der Waals surface area contributed by atoms with E-state index in [0.717, 1.165) is 0 Å². The molecule has 0 saturated heterocycles. The molecule has 0 bridgehead atoms. The molecule has 19 heavy (non-hydrogen) atoms. The summed E-state index contributed by atoms with van der Waals surface area (Å²) < 4.78 is 0.554. The minimum absolute atomic E-state index is 0.554. The van der Waals surface area contributed by atoms with Crippen LogP contribution >= 0.6 is 0 Å². The maximum atomic E-state index is 2.41. The summed E-state index contributed by atoms with van der Waals surface area (Å²) in [6.45, 7) is 4.58. The molecule has 0 radical (unpaired) electrons. The Morgan fingerprint density at radius 1 is 0.947 bits per heavy atom. The van der Waals surface area contributed by atoms with Crippen molar-refractivity contribution in [3.05, 3.63) is 65.2 Å². The Morgan fingerprint density at radius 2 is 1.68 bits per heavy atom. The van der Waals surface area contributed by atoms with E-state index in [1.807, 2.05) is 0 Å². The maximum absolute atomic E-state index is 2.41. The fraction of sp³-hybridized carbons (Fsp3) is 0.222. The summed E-state index contributed by atoms with van der Waals surface area (Å²) in [6, 6.07) is 17.4. The Hall–Kier alpha value is -1.22. The van der Waals surface area contributed by atoms with Crippen molar-refractivity contribution in [3.63, 3.8) is 0 Å². The normalized spacial score (nSPS) is 17.5. The van der Waals surface area contributed by atoms with Gasteiger partial charge in [-0.05, 0) is 0 Å². The van der Waals surface area contributed by atoms with E-state index in [9.17, 15) is 0 Å². The van der Waals surface area contributed by atoms with Gasteiger partial charge in [0.25, 0.3) is 0 Å². The van der Waals surface area contributed by atoms with E-state index >= 15 is 0 Å². The van der Waals surface area contributed by atoms with Crippen LogP contribution in [-0.2, 0) is 0 Å². The van der Waals surface area contributed by atoms with E-state index in [4.69, 9.17) is 0 Å². The monoisotopic (exact) mass is 240 g/mol. The Bertz CT molecular complexity index is 623. The van der Waals surface area contributed by atoms with Crippen LogP contribution in [0.3, 0.4) is 0 Å². The zero-order valence-corrected chi connectivity index (χ0v) is 11.9. The van der Waals surface area contributed by atoms with Crippen LogP contribution in [0.15, 0.2) is 54.1 Å². The van der Waals surface area contributed by atoms with Gasteiger partial charge >= 0.3 is 125 Å². The number of hydrogen-bond donors (Lipinski definition) is 0. The predicted octanol–water partition coefficient (Wildman–Crippen LogP) is 4.62. The molecule has 1 unspecified atom stereocenters. The second-order valence-electron chi connectivity index (χ2n) is 5.70. The van der Waals surface area contributed by atoms with Gasteiger partial charge in [0.15, 0.2) is 0 Å². The second kappa shape index (κ2) is 5.04. The van der Waals surface area contributed by atoms with Gasteiger partial charge in [-0.1, -0.05) is 0 Å². The number of hydrogen-bond acceptors (Lipinski definition) is 0. The van der Waals surface area contributed by atoms with Crippen molar-refractivity contribution in [2.45, 2.75) is 18.4 Å². The van der Waals surface area contributed by atoms with E-state index in [1.165, 1.54) is 22.3 Å². The van der Waals surface area contributed by atoms with Crippen LogP contribution in [0.2, 0.25) is 0 Å². The molecule has 1 heteroatoms. The number of rotatable bonds is 2. The van der Waals surface area contributed by atoms with Gasteiger partial charge in [0.1, 0.15) is 0 Å². The fourth-order valence-corrected chi connectivity index (χ4v) is 3.13. The van der Waals surface area contributed by atoms with Crippen LogP contribution in [0.5, 0.6) is 0 Å². The first-order valence-electron chi connectivity index (χ1n) is 7.08. The SMILES string of the molecule is [Li][CH]1C(C(C)C)=Cc2c(-c3ccccc3)cccc21. The molecule has 0 amide bonds. The van der Waals surface area contributed by atoms with Crippen LogP contribution in [0, 0.1) is 5.92 Å². The summed E-state index contributed by atoms with van der Waals surface area (Å²) in [5, 5.41) is 0. The first-order valence-corrected chi connectivity index (χ1v) is 7.08. The molecule has 0 aliphatic heterocycles. The summed E-state index contributed by atoms with van der Waals surface area (Å²) in [5.74, 6) is 0.617. The molecule has 0 heterocycles. The quantitative estimate of drug-likeness (QED) is 0.672. The van der Waals surface area contributed by atoms with Crippen LogP contribution in [-0.4, -0.2) is 17.7 Å². The number of benzene rings is 2. The third-order valence-corrected chi connectivity index (χ3v) is 4.17. The van der Waals surface area contributed by atoms with Crippen molar-refractivity contribution < 1.29 is 0 Å². The third-order valence-electron chi connectivity index (χ3n) is 4.17. The first kappa shape index (κ1) is 12.8. The molecule has 0 spiro atoms. The molecule has 2 aromatic carbocycles. The topological polar surface area (TPSA) is 0 Å². The van der Waals surface area contributed by atoms with Crippen molar-refractivity contribution in [1.29, 1.82) is 0 Å². The standard InChI is InChI=1S/C18H17.Li/c1-13(2)16-11-15-9-6-10-17(18(15)12-16)14-7-4-3-5-8-14;/h3-13H,1-2H3;. The minimum atomic E-state index is 0.554. The molecule has 0 nitrogen and oxygen atoms in total. The third kappa shape index (κ3) is 2.20. The van der Waals surface area contributed by atoms with E-state index in [0.29, 0.717) is 10.5 Å². The Balaban J connectivity index is 2.17. The molecule has 0 saturated carbocycles. The molecule has 2 aromatic rings. The zero-order valence-electron chi connectivity index (χ0n) is 11.9. The van der Waals surface area contributed by atoms with Crippen LogP contribution in [0.4, 0.5) is 0 Å². The summed E-state index contributed by atoms with van der Waals surface area (Å²) >= 11 is 2.33. The van der Waals surface area contributed by atoms with Gasteiger partial charge in [0, 0.05) is 0 Å². The van der Waals surface area contributed by atoms with Gasteiger partial charge in [-0.25, -0.2) is 0 Å².